The molecule has 1 aliphatic rings. The van der Waals surface area contributed by atoms with Gasteiger partial charge in [-0.2, -0.15) is 0 Å². The number of nitrogens with zero attached hydrogens (tertiary/aromatic N) is 1. The molecule has 0 aromatic heterocycles. The van der Waals surface area contributed by atoms with Gasteiger partial charge in [0.05, 0.1) is 26.4 Å². The lowest BCUT2D eigenvalue weighted by Gasteiger charge is -2.25. The number of phenolic OH excluding ortho intramolecular Hbond substituents is 4. The number of anilines is 1. The molecule has 0 radical (unpaired) electrons. The summed E-state index contributed by atoms with van der Waals surface area (Å²) in [5, 5.41) is 37.2. The van der Waals surface area contributed by atoms with Crippen LogP contribution in [0.25, 0.3) is 0 Å². The van der Waals surface area contributed by atoms with Crippen LogP contribution in [0.5, 0.6) is 23.0 Å². The van der Waals surface area contributed by atoms with E-state index in [-0.39, 0.29) is 29.8 Å². The Labute approximate surface area is 430 Å². The van der Waals surface area contributed by atoms with Gasteiger partial charge in [-0.3, -0.25) is 0 Å². The average Bonchev–Trinajstić information content (AvgIpc) is 3.44. The molecule has 1 saturated heterocycles. The van der Waals surface area contributed by atoms with E-state index in [0.717, 1.165) is 66.2 Å². The molecule has 0 bridgehead atoms. The van der Waals surface area contributed by atoms with E-state index >= 15 is 0 Å². The fourth-order valence-electron chi connectivity index (χ4n) is 7.36. The van der Waals surface area contributed by atoms with Gasteiger partial charge in [0.25, 0.3) is 0 Å². The van der Waals surface area contributed by atoms with Crippen LogP contribution in [0.3, 0.4) is 0 Å². The van der Waals surface area contributed by atoms with E-state index in [1.807, 2.05) is 123 Å². The summed E-state index contributed by atoms with van der Waals surface area (Å²) in [6.45, 7) is 9.12. The standard InChI is InChI=1S/C21H20O3.C20H19NO.C11H16O3.C10H12O3/c22-20-13-11-19(12-14-20)21(23-15-17-7-3-1-4-8-17)24-16-18-9-5-2-6-10-18;22-20-13-11-19(12-14-20)21(15-17-7-3-1-4-8-17)16-18-9-5-2-6-10-18;1-3-13-11(14-4-2)9-5-7-10(12)8-6-9;11-9-4-2-8(3-5-9)10-12-6-1-7-13-10/h1-14,21-22H,15-16H2;1-14,22H,15-16H2;5-8,11-12H,3-4H2,1-2H3;2-5,10-11H,1,6-7H2. The molecule has 73 heavy (non-hydrogen) atoms. The molecular formula is C62H67NO10. The molecule has 1 fully saturated rings. The van der Waals surface area contributed by atoms with E-state index in [0.29, 0.717) is 32.2 Å². The normalized spacial score (nSPS) is 12.1. The zero-order valence-corrected chi connectivity index (χ0v) is 41.6. The molecule has 1 aliphatic heterocycles. The smallest absolute Gasteiger partial charge is 0.184 e. The van der Waals surface area contributed by atoms with Crippen LogP contribution in [0.15, 0.2) is 218 Å². The minimum atomic E-state index is -0.494. The molecule has 0 amide bonds. The number of rotatable bonds is 18. The largest absolute Gasteiger partial charge is 0.508 e. The molecule has 4 N–H and O–H groups in total. The summed E-state index contributed by atoms with van der Waals surface area (Å²) < 4.78 is 33.6. The number of hydrogen-bond donors (Lipinski definition) is 4. The van der Waals surface area contributed by atoms with Crippen LogP contribution in [0, 0.1) is 0 Å². The van der Waals surface area contributed by atoms with Gasteiger partial charge in [0.1, 0.15) is 23.0 Å². The fourth-order valence-corrected chi connectivity index (χ4v) is 7.36. The van der Waals surface area contributed by atoms with Gasteiger partial charge in [-0.1, -0.05) is 158 Å². The second-order valence-corrected chi connectivity index (χ2v) is 16.7. The van der Waals surface area contributed by atoms with Crippen molar-refractivity contribution in [1.29, 1.82) is 0 Å². The summed E-state index contributed by atoms with van der Waals surface area (Å²) in [7, 11) is 0. The van der Waals surface area contributed by atoms with E-state index in [1.54, 1.807) is 60.7 Å². The monoisotopic (exact) mass is 985 g/mol. The first-order valence-corrected chi connectivity index (χ1v) is 24.5. The summed E-state index contributed by atoms with van der Waals surface area (Å²) in [6.07, 6.45) is -0.125. The van der Waals surface area contributed by atoms with Crippen LogP contribution >= 0.6 is 0 Å². The number of hydrogen-bond acceptors (Lipinski definition) is 11. The lowest BCUT2D eigenvalue weighted by Crippen LogP contribution is -2.21. The summed E-state index contributed by atoms with van der Waals surface area (Å²) >= 11 is 0. The first-order valence-electron chi connectivity index (χ1n) is 24.5. The number of phenols is 4. The van der Waals surface area contributed by atoms with Gasteiger partial charge in [-0.25, -0.2) is 0 Å². The maximum atomic E-state index is 9.50. The van der Waals surface area contributed by atoms with Crippen LogP contribution in [0.4, 0.5) is 5.69 Å². The van der Waals surface area contributed by atoms with Gasteiger partial charge in [0, 0.05) is 48.7 Å². The highest BCUT2D eigenvalue weighted by molar-refractivity contribution is 5.50. The summed E-state index contributed by atoms with van der Waals surface area (Å²) in [5.41, 5.74) is 8.57. The van der Waals surface area contributed by atoms with E-state index in [2.05, 4.69) is 53.4 Å². The Kier molecular flexibility index (Phi) is 23.4. The highest BCUT2D eigenvalue weighted by Gasteiger charge is 2.17. The molecule has 8 aromatic carbocycles. The minimum Gasteiger partial charge on any atom is -0.508 e. The second kappa shape index (κ2) is 31.1. The Bertz CT molecular complexity index is 2560. The summed E-state index contributed by atoms with van der Waals surface area (Å²) in [5.74, 6) is 1.03. The van der Waals surface area contributed by atoms with Crippen LogP contribution in [-0.4, -0.2) is 46.9 Å². The average molecular weight is 986 g/mol. The molecule has 380 valence electrons. The Morgan fingerprint density at radius 3 is 1.11 bits per heavy atom. The third-order valence-electron chi connectivity index (χ3n) is 11.1. The molecule has 0 unspecified atom stereocenters. The predicted octanol–water partition coefficient (Wildman–Crippen LogP) is 13.7. The first kappa shape index (κ1) is 54.8. The Morgan fingerprint density at radius 1 is 0.411 bits per heavy atom. The van der Waals surface area contributed by atoms with Crippen LogP contribution in [0.1, 0.15) is 78.1 Å². The highest BCUT2D eigenvalue weighted by atomic mass is 16.7. The van der Waals surface area contributed by atoms with Crippen molar-refractivity contribution >= 4 is 5.69 Å². The topological polar surface area (TPSA) is 140 Å². The van der Waals surface area contributed by atoms with Crippen LogP contribution in [0.2, 0.25) is 0 Å². The maximum Gasteiger partial charge on any atom is 0.184 e. The van der Waals surface area contributed by atoms with E-state index < -0.39 is 6.29 Å². The minimum absolute atomic E-state index is 0.226. The molecule has 0 atom stereocenters. The lowest BCUT2D eigenvalue weighted by atomic mass is 10.1. The molecule has 0 spiro atoms. The maximum absolute atomic E-state index is 9.50. The number of ether oxygens (including phenoxy) is 6. The molecule has 11 nitrogen and oxygen atoms in total. The Morgan fingerprint density at radius 2 is 0.740 bits per heavy atom. The van der Waals surface area contributed by atoms with Crippen LogP contribution < -0.4 is 4.90 Å². The molecule has 9 rings (SSSR count). The SMILES string of the molecule is CCOC(OCC)c1ccc(O)cc1.Oc1ccc(C(OCc2ccccc2)OCc2ccccc2)cc1.Oc1ccc(C2OCCCO2)cc1.Oc1ccc(N(Cc2ccccc2)Cc2ccccc2)cc1. The highest BCUT2D eigenvalue weighted by Crippen LogP contribution is 2.27. The van der Waals surface area contributed by atoms with Crippen molar-refractivity contribution in [2.45, 2.75) is 65.4 Å². The van der Waals surface area contributed by atoms with Gasteiger partial charge in [0.15, 0.2) is 18.9 Å². The third kappa shape index (κ3) is 19.9. The quantitative estimate of drug-likeness (QED) is 0.0611. The predicted molar refractivity (Wildman–Crippen MR) is 286 cm³/mol. The number of benzene rings is 8. The Balaban J connectivity index is 0.000000164. The van der Waals surface area contributed by atoms with E-state index in [1.165, 1.54) is 11.1 Å². The number of aromatic hydroxyl groups is 4. The Hall–Kier alpha value is -7.48. The van der Waals surface area contributed by atoms with Crippen molar-refractivity contribution in [2.24, 2.45) is 0 Å². The van der Waals surface area contributed by atoms with Crippen molar-refractivity contribution < 1.29 is 48.8 Å². The van der Waals surface area contributed by atoms with E-state index in [4.69, 9.17) is 38.6 Å². The molecular weight excluding hydrogens is 919 g/mol. The molecule has 11 heteroatoms. The van der Waals surface area contributed by atoms with Crippen molar-refractivity contribution in [3.63, 3.8) is 0 Å². The fraction of sp³-hybridized carbons (Fsp3) is 0.226. The second-order valence-electron chi connectivity index (χ2n) is 16.7. The van der Waals surface area contributed by atoms with Crippen LogP contribution in [-0.2, 0) is 54.7 Å². The van der Waals surface area contributed by atoms with Crippen molar-refractivity contribution in [3.05, 3.63) is 257 Å². The van der Waals surface area contributed by atoms with Crippen molar-refractivity contribution in [3.8, 4) is 23.0 Å². The summed E-state index contributed by atoms with van der Waals surface area (Å²) in [6, 6.07) is 68.9. The van der Waals surface area contributed by atoms with Gasteiger partial charge < -0.3 is 53.7 Å². The molecule has 0 aliphatic carbocycles. The molecule has 0 saturated carbocycles. The molecule has 8 aromatic rings. The van der Waals surface area contributed by atoms with Crippen molar-refractivity contribution in [2.75, 3.05) is 31.3 Å². The zero-order valence-electron chi connectivity index (χ0n) is 41.6. The lowest BCUT2D eigenvalue weighted by molar-refractivity contribution is -0.183. The third-order valence-corrected chi connectivity index (χ3v) is 11.1. The van der Waals surface area contributed by atoms with Crippen molar-refractivity contribution in [1.82, 2.24) is 0 Å². The van der Waals surface area contributed by atoms with E-state index in [9.17, 15) is 10.2 Å². The van der Waals surface area contributed by atoms with Gasteiger partial charge >= 0.3 is 0 Å². The summed E-state index contributed by atoms with van der Waals surface area (Å²) in [4.78, 5) is 2.31. The van der Waals surface area contributed by atoms with Gasteiger partial charge in [-0.15, -0.1) is 0 Å². The van der Waals surface area contributed by atoms with Gasteiger partial charge in [0.2, 0.25) is 0 Å². The molecule has 1 heterocycles. The first-order chi connectivity index (χ1) is 35.8. The van der Waals surface area contributed by atoms with Gasteiger partial charge in [-0.05, 0) is 103 Å². The zero-order chi connectivity index (χ0) is 51.3.